The van der Waals surface area contributed by atoms with Crippen molar-refractivity contribution in [3.05, 3.63) is 74.9 Å². The number of amides is 2. The third-order valence-electron chi connectivity index (χ3n) is 4.67. The summed E-state index contributed by atoms with van der Waals surface area (Å²) in [4.78, 5) is 25.0. The average Bonchev–Trinajstić information content (AvgIpc) is 2.71. The summed E-state index contributed by atoms with van der Waals surface area (Å²) in [6, 6.07) is 11.3. The van der Waals surface area contributed by atoms with E-state index in [-0.39, 0.29) is 19.1 Å². The Kier molecular flexibility index (Phi) is 7.46. The number of esters is 1. The number of para-hydroxylation sites is 1. The number of rotatable bonds is 7. The minimum absolute atomic E-state index is 0.189. The molecule has 1 atom stereocenters. The molecule has 1 aliphatic rings. The van der Waals surface area contributed by atoms with Crippen molar-refractivity contribution in [1.29, 1.82) is 0 Å². The Morgan fingerprint density at radius 3 is 2.61 bits per heavy atom. The molecule has 0 bridgehead atoms. The molecule has 0 aliphatic carbocycles. The Labute approximate surface area is 191 Å². The maximum atomic E-state index is 12.8. The van der Waals surface area contributed by atoms with Crippen molar-refractivity contribution in [2.45, 2.75) is 33.4 Å². The Morgan fingerprint density at radius 1 is 1.16 bits per heavy atom. The smallest absolute Gasteiger partial charge is 0.338 e. The standard InChI is InChI=1S/C23H24Cl2N2O4/c1-13(2)11-31-22(28)20-14(3)26-23(29)27-21(20)17-6-4-5-7-19(17)30-12-15-8-9-16(24)10-18(15)25/h4-10,13,21H,11-12H2,1-3H3,(H2,26,27,29). The van der Waals surface area contributed by atoms with Gasteiger partial charge in [0.2, 0.25) is 0 Å². The van der Waals surface area contributed by atoms with Crippen LogP contribution in [0.25, 0.3) is 0 Å². The first-order chi connectivity index (χ1) is 14.8. The summed E-state index contributed by atoms with van der Waals surface area (Å²) in [7, 11) is 0. The summed E-state index contributed by atoms with van der Waals surface area (Å²) in [5.41, 5.74) is 2.18. The van der Waals surface area contributed by atoms with E-state index in [0.717, 1.165) is 5.56 Å². The van der Waals surface area contributed by atoms with Gasteiger partial charge in [0.25, 0.3) is 0 Å². The highest BCUT2D eigenvalue weighted by Gasteiger charge is 2.34. The highest BCUT2D eigenvalue weighted by molar-refractivity contribution is 6.35. The molecule has 2 aromatic carbocycles. The number of allylic oxidation sites excluding steroid dienone is 1. The van der Waals surface area contributed by atoms with Crippen LogP contribution < -0.4 is 15.4 Å². The normalized spacial score (nSPS) is 16.1. The zero-order chi connectivity index (χ0) is 22.5. The van der Waals surface area contributed by atoms with Crippen molar-refractivity contribution in [1.82, 2.24) is 10.6 Å². The molecule has 164 valence electrons. The number of nitrogens with one attached hydrogen (secondary N) is 2. The van der Waals surface area contributed by atoms with Gasteiger partial charge in [-0.1, -0.05) is 61.3 Å². The number of hydrogen-bond donors (Lipinski definition) is 2. The van der Waals surface area contributed by atoms with E-state index in [4.69, 9.17) is 32.7 Å². The van der Waals surface area contributed by atoms with Gasteiger partial charge in [0, 0.05) is 26.9 Å². The second-order valence-electron chi connectivity index (χ2n) is 7.62. The average molecular weight is 463 g/mol. The SMILES string of the molecule is CC1=C(C(=O)OCC(C)C)C(c2ccccc2OCc2ccc(Cl)cc2Cl)NC(=O)N1. The molecule has 0 fully saturated rings. The van der Waals surface area contributed by atoms with Gasteiger partial charge >= 0.3 is 12.0 Å². The Hall–Kier alpha value is -2.70. The van der Waals surface area contributed by atoms with Gasteiger partial charge in [-0.05, 0) is 31.0 Å². The predicted octanol–water partition coefficient (Wildman–Crippen LogP) is 5.40. The summed E-state index contributed by atoms with van der Waals surface area (Å²) >= 11 is 12.2. The number of urea groups is 1. The number of benzene rings is 2. The molecule has 0 spiro atoms. The first-order valence-electron chi connectivity index (χ1n) is 9.87. The first kappa shape index (κ1) is 23.0. The minimum Gasteiger partial charge on any atom is -0.488 e. The molecule has 1 unspecified atom stereocenters. The van der Waals surface area contributed by atoms with Crippen LogP contribution >= 0.6 is 23.2 Å². The largest absolute Gasteiger partial charge is 0.488 e. The molecule has 2 aromatic rings. The molecule has 0 saturated heterocycles. The Bertz CT molecular complexity index is 1020. The maximum absolute atomic E-state index is 12.8. The number of carbonyl (C=O) groups is 2. The lowest BCUT2D eigenvalue weighted by Gasteiger charge is -2.29. The highest BCUT2D eigenvalue weighted by atomic mass is 35.5. The van der Waals surface area contributed by atoms with E-state index in [9.17, 15) is 9.59 Å². The number of halogens is 2. The first-order valence-corrected chi connectivity index (χ1v) is 10.6. The molecule has 0 saturated carbocycles. The van der Waals surface area contributed by atoms with Gasteiger partial charge < -0.3 is 20.1 Å². The monoisotopic (exact) mass is 462 g/mol. The van der Waals surface area contributed by atoms with Crippen LogP contribution in [-0.2, 0) is 16.1 Å². The summed E-state index contributed by atoms with van der Waals surface area (Å²) in [5, 5.41) is 6.49. The van der Waals surface area contributed by atoms with Crippen molar-refractivity contribution < 1.29 is 19.1 Å². The third-order valence-corrected chi connectivity index (χ3v) is 5.25. The zero-order valence-corrected chi connectivity index (χ0v) is 19.0. The van der Waals surface area contributed by atoms with Crippen molar-refractivity contribution in [2.75, 3.05) is 6.61 Å². The van der Waals surface area contributed by atoms with Crippen LogP contribution in [0.2, 0.25) is 10.0 Å². The molecular formula is C23H24Cl2N2O4. The van der Waals surface area contributed by atoms with Crippen LogP contribution in [0.4, 0.5) is 4.79 Å². The summed E-state index contributed by atoms with van der Waals surface area (Å²) in [6.45, 7) is 6.07. The molecule has 31 heavy (non-hydrogen) atoms. The molecule has 1 heterocycles. The summed E-state index contributed by atoms with van der Waals surface area (Å²) in [5.74, 6) is 0.219. The van der Waals surface area contributed by atoms with Crippen LogP contribution in [0.1, 0.15) is 37.9 Å². The summed E-state index contributed by atoms with van der Waals surface area (Å²) < 4.78 is 11.5. The lowest BCUT2D eigenvalue weighted by Crippen LogP contribution is -2.45. The van der Waals surface area contributed by atoms with E-state index in [0.29, 0.717) is 32.6 Å². The highest BCUT2D eigenvalue weighted by Crippen LogP contribution is 2.34. The molecule has 8 heteroatoms. The quantitative estimate of drug-likeness (QED) is 0.540. The lowest BCUT2D eigenvalue weighted by atomic mass is 9.95. The Morgan fingerprint density at radius 2 is 1.90 bits per heavy atom. The molecule has 0 radical (unpaired) electrons. The third kappa shape index (κ3) is 5.71. The van der Waals surface area contributed by atoms with Crippen molar-refractivity contribution in [3.8, 4) is 5.75 Å². The second-order valence-corrected chi connectivity index (χ2v) is 8.47. The van der Waals surface area contributed by atoms with Crippen LogP contribution in [-0.4, -0.2) is 18.6 Å². The van der Waals surface area contributed by atoms with E-state index < -0.39 is 18.0 Å². The van der Waals surface area contributed by atoms with Gasteiger partial charge in [0.1, 0.15) is 12.4 Å². The fourth-order valence-electron chi connectivity index (χ4n) is 3.16. The second kappa shape index (κ2) is 10.1. The van der Waals surface area contributed by atoms with Crippen molar-refractivity contribution in [3.63, 3.8) is 0 Å². The topological polar surface area (TPSA) is 76.7 Å². The molecule has 1 aliphatic heterocycles. The van der Waals surface area contributed by atoms with Gasteiger partial charge in [-0.3, -0.25) is 0 Å². The maximum Gasteiger partial charge on any atom is 0.338 e. The lowest BCUT2D eigenvalue weighted by molar-refractivity contribution is -0.140. The minimum atomic E-state index is -0.717. The van der Waals surface area contributed by atoms with Crippen molar-refractivity contribution in [2.24, 2.45) is 5.92 Å². The van der Waals surface area contributed by atoms with Crippen LogP contribution in [0.5, 0.6) is 5.75 Å². The van der Waals surface area contributed by atoms with E-state index in [1.165, 1.54) is 0 Å². The molecule has 3 rings (SSSR count). The van der Waals surface area contributed by atoms with Gasteiger partial charge in [-0.2, -0.15) is 0 Å². The molecule has 2 amide bonds. The van der Waals surface area contributed by atoms with Crippen molar-refractivity contribution >= 4 is 35.2 Å². The van der Waals surface area contributed by atoms with E-state index in [1.807, 2.05) is 26.0 Å². The van der Waals surface area contributed by atoms with Gasteiger partial charge in [0.15, 0.2) is 0 Å². The molecule has 0 aromatic heterocycles. The molecule has 2 N–H and O–H groups in total. The number of hydrogen-bond acceptors (Lipinski definition) is 4. The predicted molar refractivity (Wildman–Crippen MR) is 120 cm³/mol. The van der Waals surface area contributed by atoms with Crippen LogP contribution in [0.3, 0.4) is 0 Å². The van der Waals surface area contributed by atoms with E-state index >= 15 is 0 Å². The summed E-state index contributed by atoms with van der Waals surface area (Å²) in [6.07, 6.45) is 0. The van der Waals surface area contributed by atoms with Gasteiger partial charge in [-0.25, -0.2) is 9.59 Å². The number of ether oxygens (including phenoxy) is 2. The van der Waals surface area contributed by atoms with Crippen LogP contribution in [0, 0.1) is 5.92 Å². The fraction of sp³-hybridized carbons (Fsp3) is 0.304. The van der Waals surface area contributed by atoms with Gasteiger partial charge in [-0.15, -0.1) is 0 Å². The Balaban J connectivity index is 1.90. The van der Waals surface area contributed by atoms with Crippen LogP contribution in [0.15, 0.2) is 53.7 Å². The zero-order valence-electron chi connectivity index (χ0n) is 17.5. The molecule has 6 nitrogen and oxygen atoms in total. The van der Waals surface area contributed by atoms with Gasteiger partial charge in [0.05, 0.1) is 18.2 Å². The number of carbonyl (C=O) groups excluding carboxylic acids is 2. The molecular weight excluding hydrogens is 439 g/mol. The van der Waals surface area contributed by atoms with E-state index in [1.54, 1.807) is 37.3 Å². The van der Waals surface area contributed by atoms with E-state index in [2.05, 4.69) is 10.6 Å². The fourth-order valence-corrected chi connectivity index (χ4v) is 3.63.